The number of aromatic nitrogens is 1. The van der Waals surface area contributed by atoms with Crippen molar-refractivity contribution >= 4 is 22.6 Å². The molecule has 0 aliphatic rings. The van der Waals surface area contributed by atoms with Gasteiger partial charge in [0.05, 0.1) is 11.1 Å². The van der Waals surface area contributed by atoms with Crippen molar-refractivity contribution in [2.45, 2.75) is 19.4 Å². The van der Waals surface area contributed by atoms with Crippen molar-refractivity contribution in [3.63, 3.8) is 0 Å². The van der Waals surface area contributed by atoms with E-state index in [1.807, 2.05) is 12.1 Å². The summed E-state index contributed by atoms with van der Waals surface area (Å²) in [5.74, 6) is -0.371. The Morgan fingerprint density at radius 3 is 2.80 bits per heavy atom. The fourth-order valence-corrected chi connectivity index (χ4v) is 1.84. The second kappa shape index (κ2) is 5.16. The van der Waals surface area contributed by atoms with E-state index in [0.29, 0.717) is 5.56 Å². The molecule has 20 heavy (non-hydrogen) atoms. The van der Waals surface area contributed by atoms with Crippen LogP contribution in [0.3, 0.4) is 0 Å². The van der Waals surface area contributed by atoms with Gasteiger partial charge in [0, 0.05) is 17.1 Å². The van der Waals surface area contributed by atoms with Crippen molar-refractivity contribution in [2.75, 3.05) is 0 Å². The van der Waals surface area contributed by atoms with Crippen molar-refractivity contribution in [3.8, 4) is 0 Å². The number of rotatable bonds is 3. The molecule has 0 unspecified atom stereocenters. The number of oxime groups is 1. The number of hydrogen-bond acceptors (Lipinski definition) is 4. The van der Waals surface area contributed by atoms with E-state index < -0.39 is 5.54 Å². The quantitative estimate of drug-likeness (QED) is 0.341. The second-order valence-electron chi connectivity index (χ2n) is 4.94. The zero-order valence-corrected chi connectivity index (χ0v) is 11.3. The molecule has 1 heterocycles. The number of benzene rings is 1. The zero-order valence-electron chi connectivity index (χ0n) is 11.3. The maximum Gasteiger partial charge on any atom is 0.252 e. The van der Waals surface area contributed by atoms with Crippen molar-refractivity contribution in [2.24, 2.45) is 10.9 Å². The summed E-state index contributed by atoms with van der Waals surface area (Å²) in [6.07, 6.45) is 1.67. The summed E-state index contributed by atoms with van der Waals surface area (Å²) in [6, 6.07) is 8.91. The summed E-state index contributed by atoms with van der Waals surface area (Å²) in [5.41, 5.74) is 5.85. The molecule has 1 aromatic carbocycles. The van der Waals surface area contributed by atoms with Crippen LogP contribution in [0.15, 0.2) is 41.7 Å². The first-order valence-corrected chi connectivity index (χ1v) is 6.10. The highest BCUT2D eigenvalue weighted by Crippen LogP contribution is 2.17. The standard InChI is InChI=1S/C14H16N4O2/c1-14(2,13(15)18-20)17-12(19)10-5-3-7-11-9(10)6-4-8-16-11/h3-8,20H,1-2H3,(H2,15,18)(H,17,19). The topological polar surface area (TPSA) is 101 Å². The highest BCUT2D eigenvalue weighted by atomic mass is 16.4. The molecule has 6 nitrogen and oxygen atoms in total. The van der Waals surface area contributed by atoms with Crippen molar-refractivity contribution < 1.29 is 10.0 Å². The monoisotopic (exact) mass is 272 g/mol. The third-order valence-electron chi connectivity index (χ3n) is 3.06. The Balaban J connectivity index is 2.38. The van der Waals surface area contributed by atoms with Gasteiger partial charge in [-0.25, -0.2) is 0 Å². The molecule has 2 aromatic rings. The predicted molar refractivity (Wildman–Crippen MR) is 76.7 cm³/mol. The van der Waals surface area contributed by atoms with Gasteiger partial charge in [0.25, 0.3) is 5.91 Å². The smallest absolute Gasteiger partial charge is 0.252 e. The van der Waals surface area contributed by atoms with Crippen molar-refractivity contribution in [1.82, 2.24) is 10.3 Å². The van der Waals surface area contributed by atoms with Gasteiger partial charge in [0.15, 0.2) is 5.84 Å². The van der Waals surface area contributed by atoms with Gasteiger partial charge in [-0.15, -0.1) is 0 Å². The molecule has 104 valence electrons. The lowest BCUT2D eigenvalue weighted by Gasteiger charge is -2.24. The molecule has 0 bridgehead atoms. The Bertz CT molecular complexity index is 674. The molecule has 0 radical (unpaired) electrons. The Morgan fingerprint density at radius 2 is 2.10 bits per heavy atom. The fourth-order valence-electron chi connectivity index (χ4n) is 1.84. The number of amidine groups is 1. The lowest BCUT2D eigenvalue weighted by molar-refractivity contribution is 0.0932. The Hall–Kier alpha value is -2.63. The van der Waals surface area contributed by atoms with Crippen LogP contribution >= 0.6 is 0 Å². The minimum Gasteiger partial charge on any atom is -0.409 e. The van der Waals surface area contributed by atoms with Crippen LogP contribution in [-0.4, -0.2) is 27.5 Å². The van der Waals surface area contributed by atoms with Crippen LogP contribution in [0.25, 0.3) is 10.9 Å². The Kier molecular flexibility index (Phi) is 3.56. The summed E-state index contributed by atoms with van der Waals surface area (Å²) in [7, 11) is 0. The Morgan fingerprint density at radius 1 is 1.35 bits per heavy atom. The van der Waals surface area contributed by atoms with Gasteiger partial charge in [0.2, 0.25) is 0 Å². The predicted octanol–water partition coefficient (Wildman–Crippen LogP) is 1.49. The molecule has 0 aliphatic heterocycles. The number of fused-ring (bicyclic) bond motifs is 1. The van der Waals surface area contributed by atoms with Crippen LogP contribution in [0, 0.1) is 0 Å². The van der Waals surface area contributed by atoms with Crippen LogP contribution < -0.4 is 11.1 Å². The summed E-state index contributed by atoms with van der Waals surface area (Å²) in [4.78, 5) is 16.6. The number of carbonyl (C=O) groups is 1. The summed E-state index contributed by atoms with van der Waals surface area (Å²) in [5, 5.41) is 15.1. The van der Waals surface area contributed by atoms with E-state index in [2.05, 4.69) is 15.5 Å². The lowest BCUT2D eigenvalue weighted by Crippen LogP contribution is -2.53. The van der Waals surface area contributed by atoms with Gasteiger partial charge < -0.3 is 16.3 Å². The average molecular weight is 272 g/mol. The molecule has 0 aliphatic carbocycles. The van der Waals surface area contributed by atoms with E-state index in [1.165, 1.54) is 0 Å². The lowest BCUT2D eigenvalue weighted by atomic mass is 10.0. The summed E-state index contributed by atoms with van der Waals surface area (Å²) in [6.45, 7) is 3.31. The van der Waals surface area contributed by atoms with Gasteiger partial charge in [-0.2, -0.15) is 0 Å². The Labute approximate surface area is 116 Å². The first kappa shape index (κ1) is 13.8. The molecule has 0 fully saturated rings. The summed E-state index contributed by atoms with van der Waals surface area (Å²) >= 11 is 0. The number of carbonyl (C=O) groups excluding carboxylic acids is 1. The normalized spacial score (nSPS) is 12.4. The van der Waals surface area contributed by atoms with Crippen molar-refractivity contribution in [3.05, 3.63) is 42.1 Å². The molecular formula is C14H16N4O2. The third kappa shape index (κ3) is 2.54. The van der Waals surface area contributed by atoms with E-state index in [0.717, 1.165) is 10.9 Å². The number of nitrogens with one attached hydrogen (secondary N) is 1. The second-order valence-corrected chi connectivity index (χ2v) is 4.94. The maximum atomic E-state index is 12.4. The maximum absolute atomic E-state index is 12.4. The number of hydrogen-bond donors (Lipinski definition) is 3. The fraction of sp³-hybridized carbons (Fsp3) is 0.214. The zero-order chi connectivity index (χ0) is 14.8. The molecule has 4 N–H and O–H groups in total. The van der Waals surface area contributed by atoms with Crippen LogP contribution in [0.5, 0.6) is 0 Å². The van der Waals surface area contributed by atoms with E-state index in [-0.39, 0.29) is 11.7 Å². The first-order valence-electron chi connectivity index (χ1n) is 6.10. The average Bonchev–Trinajstić information content (AvgIpc) is 2.45. The molecule has 6 heteroatoms. The highest BCUT2D eigenvalue weighted by molar-refractivity contribution is 6.08. The van der Waals surface area contributed by atoms with Crippen molar-refractivity contribution in [1.29, 1.82) is 0 Å². The molecule has 1 amide bonds. The summed E-state index contributed by atoms with van der Waals surface area (Å²) < 4.78 is 0. The molecule has 0 spiro atoms. The van der Waals surface area contributed by atoms with Gasteiger partial charge in [-0.3, -0.25) is 9.78 Å². The van der Waals surface area contributed by atoms with Gasteiger partial charge in [-0.1, -0.05) is 17.3 Å². The molecule has 1 aromatic heterocycles. The van der Waals surface area contributed by atoms with Gasteiger partial charge in [0.1, 0.15) is 0 Å². The number of amides is 1. The van der Waals surface area contributed by atoms with Gasteiger partial charge >= 0.3 is 0 Å². The van der Waals surface area contributed by atoms with Crippen LogP contribution in [-0.2, 0) is 0 Å². The number of nitrogens with two attached hydrogens (primary N) is 1. The van der Waals surface area contributed by atoms with Crippen LogP contribution in [0.1, 0.15) is 24.2 Å². The number of pyridine rings is 1. The minimum absolute atomic E-state index is 0.0655. The first-order chi connectivity index (χ1) is 9.45. The van der Waals surface area contributed by atoms with Crippen LogP contribution in [0.2, 0.25) is 0 Å². The van der Waals surface area contributed by atoms with Gasteiger partial charge in [-0.05, 0) is 32.0 Å². The third-order valence-corrected chi connectivity index (χ3v) is 3.06. The van der Waals surface area contributed by atoms with Crippen LogP contribution in [0.4, 0.5) is 0 Å². The molecule has 2 rings (SSSR count). The molecule has 0 saturated carbocycles. The van der Waals surface area contributed by atoms with E-state index >= 15 is 0 Å². The minimum atomic E-state index is -0.948. The molecular weight excluding hydrogens is 256 g/mol. The molecule has 0 saturated heterocycles. The number of nitrogens with zero attached hydrogens (tertiary/aromatic N) is 2. The van der Waals surface area contributed by atoms with E-state index in [9.17, 15) is 4.79 Å². The van der Waals surface area contributed by atoms with E-state index in [4.69, 9.17) is 10.9 Å². The SMILES string of the molecule is CC(C)(NC(=O)c1cccc2ncccc12)C(N)=NO. The molecule has 0 atom stereocenters. The highest BCUT2D eigenvalue weighted by Gasteiger charge is 2.26. The van der Waals surface area contributed by atoms with E-state index in [1.54, 1.807) is 38.2 Å². The largest absolute Gasteiger partial charge is 0.409 e.